The number of rotatable bonds is 14. The van der Waals surface area contributed by atoms with Gasteiger partial charge in [-0.1, -0.05) is 43.7 Å². The van der Waals surface area contributed by atoms with Gasteiger partial charge in [0.25, 0.3) is 0 Å². The van der Waals surface area contributed by atoms with Crippen molar-refractivity contribution in [3.63, 3.8) is 0 Å². The van der Waals surface area contributed by atoms with Gasteiger partial charge in [-0.2, -0.15) is 0 Å². The number of carboxylic acids is 1. The van der Waals surface area contributed by atoms with Gasteiger partial charge in [-0.3, -0.25) is 14.5 Å². The van der Waals surface area contributed by atoms with E-state index < -0.39 is 23.8 Å². The predicted octanol–water partition coefficient (Wildman–Crippen LogP) is 4.83. The maximum absolute atomic E-state index is 14.1. The highest BCUT2D eigenvalue weighted by Gasteiger charge is 2.47. The second-order valence-corrected chi connectivity index (χ2v) is 11.5. The summed E-state index contributed by atoms with van der Waals surface area (Å²) in [5.41, 5.74) is 9.43. The van der Waals surface area contributed by atoms with E-state index in [2.05, 4.69) is 6.92 Å². The Morgan fingerprint density at radius 2 is 1.84 bits per heavy atom. The first-order valence-corrected chi connectivity index (χ1v) is 15.5. The number of aliphatic carboxylic acids is 1. The lowest BCUT2D eigenvalue weighted by Crippen LogP contribution is -2.44. The zero-order valence-electron chi connectivity index (χ0n) is 26.2. The van der Waals surface area contributed by atoms with E-state index in [1.807, 2.05) is 70.5 Å². The Kier molecular flexibility index (Phi) is 10.5. The minimum atomic E-state index is -0.907. The number of aryl methyl sites for hydroxylation is 1. The van der Waals surface area contributed by atoms with Crippen LogP contribution in [0, 0.1) is 5.92 Å². The number of nitrogens with two attached hydrogens (primary N) is 1. The first-order valence-electron chi connectivity index (χ1n) is 15.5. The Bertz CT molecular complexity index is 1500. The molecule has 5 rings (SSSR count). The third-order valence-electron chi connectivity index (χ3n) is 8.88. The number of amides is 1. The minimum Gasteiger partial charge on any atom is -0.496 e. The molecule has 0 bridgehead atoms. The van der Waals surface area contributed by atoms with Gasteiger partial charge in [-0.05, 0) is 66.3 Å². The summed E-state index contributed by atoms with van der Waals surface area (Å²) in [7, 11) is 3.18. The number of carbonyl (C=O) groups is 2. The molecule has 0 saturated carbocycles. The fourth-order valence-electron chi connectivity index (χ4n) is 6.59. The Morgan fingerprint density at radius 3 is 2.58 bits per heavy atom. The molecule has 0 radical (unpaired) electrons. The van der Waals surface area contributed by atoms with Gasteiger partial charge in [0, 0.05) is 37.3 Å². The van der Waals surface area contributed by atoms with Gasteiger partial charge >= 0.3 is 5.97 Å². The number of para-hydroxylation sites is 1. The molecule has 0 spiro atoms. The van der Waals surface area contributed by atoms with E-state index in [4.69, 9.17) is 24.7 Å². The lowest BCUT2D eigenvalue weighted by molar-refractivity contribution is -0.143. The average Bonchev–Trinajstić information content (AvgIpc) is 3.68. The fraction of sp³-hybridized carbons (Fsp3) is 0.429. The Morgan fingerprint density at radius 1 is 1.04 bits per heavy atom. The second-order valence-electron chi connectivity index (χ2n) is 11.5. The van der Waals surface area contributed by atoms with Crippen molar-refractivity contribution in [3.8, 4) is 23.0 Å². The van der Waals surface area contributed by atoms with Crippen molar-refractivity contribution in [3.05, 3.63) is 77.4 Å². The molecule has 2 aliphatic rings. The molecule has 3 aromatic rings. The van der Waals surface area contributed by atoms with Gasteiger partial charge in [0.15, 0.2) is 11.5 Å². The molecule has 240 valence electrons. The number of fused-ring (bicyclic) bond motifs is 1. The summed E-state index contributed by atoms with van der Waals surface area (Å²) in [5.74, 6) is 0.120. The number of anilines is 1. The number of unbranched alkanes of at least 4 members (excludes halogenated alkanes) is 1. The highest BCUT2D eigenvalue weighted by atomic mass is 16.7. The Hall–Kier alpha value is -4.28. The molecule has 10 nitrogen and oxygen atoms in total. The van der Waals surface area contributed by atoms with Crippen LogP contribution in [-0.2, 0) is 22.6 Å². The molecule has 3 aromatic carbocycles. The summed E-state index contributed by atoms with van der Waals surface area (Å²) in [4.78, 5) is 31.1. The number of hydrogen-bond acceptors (Lipinski definition) is 8. The van der Waals surface area contributed by atoms with Crippen LogP contribution in [0.4, 0.5) is 5.69 Å². The topological polar surface area (TPSA) is 124 Å². The van der Waals surface area contributed by atoms with Crippen LogP contribution in [0.3, 0.4) is 0 Å². The first-order chi connectivity index (χ1) is 21.9. The number of ether oxygens (including phenoxy) is 4. The van der Waals surface area contributed by atoms with Crippen molar-refractivity contribution in [2.75, 3.05) is 45.5 Å². The summed E-state index contributed by atoms with van der Waals surface area (Å²) in [6.45, 7) is 3.57. The van der Waals surface area contributed by atoms with Gasteiger partial charge in [-0.25, -0.2) is 0 Å². The maximum Gasteiger partial charge on any atom is 0.308 e. The van der Waals surface area contributed by atoms with E-state index in [1.165, 1.54) is 0 Å². The largest absolute Gasteiger partial charge is 0.496 e. The Labute approximate surface area is 264 Å². The van der Waals surface area contributed by atoms with E-state index >= 15 is 0 Å². The fourth-order valence-corrected chi connectivity index (χ4v) is 6.59. The summed E-state index contributed by atoms with van der Waals surface area (Å²) < 4.78 is 22.4. The average molecular weight is 618 g/mol. The molecule has 0 aliphatic carbocycles. The lowest BCUT2D eigenvalue weighted by atomic mass is 9.83. The number of likely N-dealkylation sites (tertiary alicyclic amines) is 1. The van der Waals surface area contributed by atoms with Gasteiger partial charge in [0.2, 0.25) is 18.4 Å². The van der Waals surface area contributed by atoms with Crippen molar-refractivity contribution in [2.45, 2.75) is 51.1 Å². The zero-order chi connectivity index (χ0) is 31.9. The zero-order valence-corrected chi connectivity index (χ0v) is 26.2. The number of methoxy groups -OCH3 is 2. The molecule has 1 unspecified atom stereocenters. The van der Waals surface area contributed by atoms with E-state index in [-0.39, 0.29) is 19.2 Å². The predicted molar refractivity (Wildman–Crippen MR) is 171 cm³/mol. The first kappa shape index (κ1) is 32.1. The summed E-state index contributed by atoms with van der Waals surface area (Å²) in [5, 5.41) is 10.7. The van der Waals surface area contributed by atoms with Crippen molar-refractivity contribution in [1.82, 2.24) is 4.90 Å². The molecule has 1 saturated heterocycles. The van der Waals surface area contributed by atoms with E-state index in [0.717, 1.165) is 41.0 Å². The quantitative estimate of drug-likeness (QED) is 0.262. The van der Waals surface area contributed by atoms with Crippen LogP contribution in [0.2, 0.25) is 0 Å². The number of carbonyl (C=O) groups excluding carboxylic acids is 1. The molecule has 1 fully saturated rings. The van der Waals surface area contributed by atoms with Crippen molar-refractivity contribution in [2.24, 2.45) is 11.7 Å². The van der Waals surface area contributed by atoms with E-state index in [0.29, 0.717) is 49.7 Å². The van der Waals surface area contributed by atoms with Gasteiger partial charge in [0.1, 0.15) is 5.75 Å². The number of benzene rings is 3. The van der Waals surface area contributed by atoms with Gasteiger partial charge < -0.3 is 34.7 Å². The smallest absolute Gasteiger partial charge is 0.308 e. The van der Waals surface area contributed by atoms with Crippen LogP contribution < -0.4 is 29.6 Å². The van der Waals surface area contributed by atoms with E-state index in [9.17, 15) is 14.7 Å². The molecular formula is C35H43N3O7. The number of nitrogens with zero attached hydrogens (tertiary/aromatic N) is 2. The van der Waals surface area contributed by atoms with Crippen LogP contribution in [0.5, 0.6) is 23.0 Å². The van der Waals surface area contributed by atoms with Gasteiger partial charge in [0.05, 0.1) is 26.7 Å². The van der Waals surface area contributed by atoms with Gasteiger partial charge in [-0.15, -0.1) is 0 Å². The molecule has 2 aliphatic heterocycles. The van der Waals surface area contributed by atoms with Crippen molar-refractivity contribution in [1.29, 1.82) is 0 Å². The maximum atomic E-state index is 14.1. The Balaban J connectivity index is 1.49. The molecule has 0 aromatic heterocycles. The molecule has 3 N–H and O–H groups in total. The molecule has 2 heterocycles. The monoisotopic (exact) mass is 617 g/mol. The number of hydrogen-bond donors (Lipinski definition) is 2. The van der Waals surface area contributed by atoms with Crippen LogP contribution in [0.1, 0.15) is 48.8 Å². The molecule has 1 amide bonds. The summed E-state index contributed by atoms with van der Waals surface area (Å²) >= 11 is 0. The van der Waals surface area contributed by atoms with Crippen LogP contribution in [-0.4, -0.2) is 68.6 Å². The van der Waals surface area contributed by atoms with Crippen molar-refractivity contribution < 1.29 is 33.6 Å². The highest BCUT2D eigenvalue weighted by Crippen LogP contribution is 2.47. The number of carboxylic acid groups (broad SMARTS) is 1. The lowest BCUT2D eigenvalue weighted by Gasteiger charge is -2.30. The van der Waals surface area contributed by atoms with Crippen LogP contribution >= 0.6 is 0 Å². The van der Waals surface area contributed by atoms with Crippen LogP contribution in [0.25, 0.3) is 0 Å². The molecule has 10 heteroatoms. The summed E-state index contributed by atoms with van der Waals surface area (Å²) in [6, 6.07) is 18.8. The summed E-state index contributed by atoms with van der Waals surface area (Å²) in [6.07, 6.45) is 2.90. The highest BCUT2D eigenvalue weighted by molar-refractivity contribution is 5.95. The SMILES string of the molecule is CCCCN(C(=O)CN1C[C@H](c2cc(OC)c3c(c2)OCO3)C(C(=O)O)[C@@H]1CCc1ccccc1OC)c1cccc(CN)c1. The molecule has 3 atom stereocenters. The van der Waals surface area contributed by atoms with Crippen molar-refractivity contribution >= 4 is 17.6 Å². The third-order valence-corrected chi connectivity index (χ3v) is 8.88. The molecular weight excluding hydrogens is 574 g/mol. The second kappa shape index (κ2) is 14.7. The minimum absolute atomic E-state index is 0.0727. The normalized spacial score (nSPS) is 19.0. The van der Waals surface area contributed by atoms with Crippen LogP contribution in [0.15, 0.2) is 60.7 Å². The standard InChI is InChI=1S/C35H43N3O7/c1-4-5-15-38(26-11-8-9-23(16-26)19-36)32(39)21-37-20-27(25-17-30(43-3)34-31(18-25)44-22-45-34)33(35(40)41)28(37)14-13-24-10-6-7-12-29(24)42-2/h6-12,16-18,27-28,33H,4-5,13-15,19-22,36H2,1-3H3,(H,40,41)/t27-,28+,33?/m1/s1. The third kappa shape index (κ3) is 7.02. The van der Waals surface area contributed by atoms with E-state index in [1.54, 1.807) is 14.2 Å². The molecule has 45 heavy (non-hydrogen) atoms.